The first kappa shape index (κ1) is 17.8. The van der Waals surface area contributed by atoms with Crippen molar-refractivity contribution < 1.29 is 0 Å². The summed E-state index contributed by atoms with van der Waals surface area (Å²) in [6.07, 6.45) is 11.0. The smallest absolute Gasteiger partial charge is 0.0428 e. The molecule has 0 spiro atoms. The van der Waals surface area contributed by atoms with Crippen molar-refractivity contribution in [2.75, 3.05) is 37.6 Å². The lowest BCUT2D eigenvalue weighted by molar-refractivity contribution is 0.176. The number of rotatable bonds is 7. The van der Waals surface area contributed by atoms with Crippen LogP contribution in [-0.2, 0) is 6.42 Å². The van der Waals surface area contributed by atoms with Crippen molar-refractivity contribution in [3.63, 3.8) is 0 Å². The number of piperidine rings is 1. The number of aryl methyl sites for hydroxylation is 2. The quantitative estimate of drug-likeness (QED) is 0.692. The lowest BCUT2D eigenvalue weighted by Gasteiger charge is -2.35. The standard InChI is InChI=1S/C22H36N2/c1-3-4-9-20-12-17-23(18-13-20)14-7-16-24-15-6-11-21-10-5-8-19(2)22(21)24/h5,8,10,20H,3-4,6-7,9,11-18H2,1-2H3. The van der Waals surface area contributed by atoms with Crippen molar-refractivity contribution in [3.8, 4) is 0 Å². The summed E-state index contributed by atoms with van der Waals surface area (Å²) < 4.78 is 0. The summed E-state index contributed by atoms with van der Waals surface area (Å²) in [4.78, 5) is 5.37. The minimum absolute atomic E-state index is 1.01. The van der Waals surface area contributed by atoms with Gasteiger partial charge in [-0.15, -0.1) is 0 Å². The van der Waals surface area contributed by atoms with Crippen LogP contribution in [0, 0.1) is 12.8 Å². The second-order valence-corrected chi connectivity index (χ2v) is 7.95. The number of fused-ring (bicyclic) bond motifs is 1. The van der Waals surface area contributed by atoms with E-state index in [0.717, 1.165) is 5.92 Å². The Labute approximate surface area is 149 Å². The first-order valence-corrected chi connectivity index (χ1v) is 10.3. The monoisotopic (exact) mass is 328 g/mol. The summed E-state index contributed by atoms with van der Waals surface area (Å²) in [5.41, 5.74) is 4.57. The molecule has 3 rings (SSSR count). The van der Waals surface area contributed by atoms with E-state index in [1.54, 1.807) is 11.3 Å². The number of hydrogen-bond donors (Lipinski definition) is 0. The van der Waals surface area contributed by atoms with Crippen LogP contribution < -0.4 is 4.90 Å². The van der Waals surface area contributed by atoms with Crippen molar-refractivity contribution >= 4 is 5.69 Å². The number of hydrogen-bond acceptors (Lipinski definition) is 2. The largest absolute Gasteiger partial charge is 0.371 e. The van der Waals surface area contributed by atoms with Gasteiger partial charge in [-0.05, 0) is 75.7 Å². The Morgan fingerprint density at radius 2 is 1.88 bits per heavy atom. The molecule has 1 fully saturated rings. The van der Waals surface area contributed by atoms with Gasteiger partial charge in [0.2, 0.25) is 0 Å². The molecule has 134 valence electrons. The van der Waals surface area contributed by atoms with Crippen LogP contribution in [-0.4, -0.2) is 37.6 Å². The topological polar surface area (TPSA) is 6.48 Å². The maximum Gasteiger partial charge on any atom is 0.0428 e. The van der Waals surface area contributed by atoms with Gasteiger partial charge in [0.05, 0.1) is 0 Å². The molecule has 2 heterocycles. The van der Waals surface area contributed by atoms with Crippen LogP contribution in [0.5, 0.6) is 0 Å². The van der Waals surface area contributed by atoms with Crippen LogP contribution in [0.1, 0.15) is 63.0 Å². The zero-order valence-electron chi connectivity index (χ0n) is 15.9. The number of nitrogens with zero attached hydrogens (tertiary/aromatic N) is 2. The van der Waals surface area contributed by atoms with Crippen molar-refractivity contribution in [2.45, 2.75) is 65.2 Å². The molecule has 0 unspecified atom stereocenters. The van der Waals surface area contributed by atoms with E-state index in [1.807, 2.05) is 0 Å². The maximum atomic E-state index is 2.71. The second kappa shape index (κ2) is 8.89. The van der Waals surface area contributed by atoms with Crippen LogP contribution in [0.2, 0.25) is 0 Å². The lowest BCUT2D eigenvalue weighted by Crippen LogP contribution is -2.37. The van der Waals surface area contributed by atoms with Gasteiger partial charge in [0.25, 0.3) is 0 Å². The molecule has 1 aromatic rings. The van der Waals surface area contributed by atoms with Gasteiger partial charge in [-0.1, -0.05) is 44.4 Å². The molecule has 0 atom stereocenters. The van der Waals surface area contributed by atoms with Gasteiger partial charge < -0.3 is 9.80 Å². The predicted molar refractivity (Wildman–Crippen MR) is 105 cm³/mol. The Balaban J connectivity index is 1.42. The van der Waals surface area contributed by atoms with Crippen molar-refractivity contribution in [3.05, 3.63) is 29.3 Å². The summed E-state index contributed by atoms with van der Waals surface area (Å²) >= 11 is 0. The minimum atomic E-state index is 1.01. The van der Waals surface area contributed by atoms with E-state index >= 15 is 0 Å². The zero-order valence-corrected chi connectivity index (χ0v) is 15.9. The van der Waals surface area contributed by atoms with E-state index in [1.165, 1.54) is 89.7 Å². The molecule has 2 aliphatic heterocycles. The van der Waals surface area contributed by atoms with E-state index in [-0.39, 0.29) is 0 Å². The maximum absolute atomic E-state index is 2.71. The van der Waals surface area contributed by atoms with Crippen LogP contribution in [0.3, 0.4) is 0 Å². The van der Waals surface area contributed by atoms with Gasteiger partial charge >= 0.3 is 0 Å². The number of benzene rings is 1. The van der Waals surface area contributed by atoms with E-state index in [2.05, 4.69) is 41.8 Å². The normalized spacial score (nSPS) is 19.5. The third-order valence-electron chi connectivity index (χ3n) is 6.09. The molecule has 0 aliphatic carbocycles. The fourth-order valence-electron chi connectivity index (χ4n) is 4.65. The predicted octanol–water partition coefficient (Wildman–Crippen LogP) is 5.04. The third-order valence-corrected chi connectivity index (χ3v) is 6.09. The molecule has 0 radical (unpaired) electrons. The van der Waals surface area contributed by atoms with E-state index in [4.69, 9.17) is 0 Å². The Morgan fingerprint density at radius 1 is 1.04 bits per heavy atom. The molecule has 1 saturated heterocycles. The molecule has 2 aliphatic rings. The third kappa shape index (κ3) is 4.53. The van der Waals surface area contributed by atoms with Gasteiger partial charge in [-0.3, -0.25) is 0 Å². The lowest BCUT2D eigenvalue weighted by atomic mass is 9.91. The molecular formula is C22H36N2. The summed E-state index contributed by atoms with van der Waals surface area (Å²) in [7, 11) is 0. The van der Waals surface area contributed by atoms with E-state index in [9.17, 15) is 0 Å². The van der Waals surface area contributed by atoms with Crippen LogP contribution in [0.4, 0.5) is 5.69 Å². The molecule has 24 heavy (non-hydrogen) atoms. The first-order valence-electron chi connectivity index (χ1n) is 10.3. The number of unbranched alkanes of at least 4 members (excludes halogenated alkanes) is 1. The highest BCUT2D eigenvalue weighted by atomic mass is 15.2. The summed E-state index contributed by atoms with van der Waals surface area (Å²) in [5.74, 6) is 1.01. The fourth-order valence-corrected chi connectivity index (χ4v) is 4.65. The Bertz CT molecular complexity index is 503. The Morgan fingerprint density at radius 3 is 2.67 bits per heavy atom. The Kier molecular flexibility index (Phi) is 6.59. The van der Waals surface area contributed by atoms with Crippen LogP contribution >= 0.6 is 0 Å². The molecule has 0 N–H and O–H groups in total. The number of likely N-dealkylation sites (tertiary alicyclic amines) is 1. The average molecular weight is 329 g/mol. The zero-order chi connectivity index (χ0) is 16.8. The molecule has 2 nitrogen and oxygen atoms in total. The average Bonchev–Trinajstić information content (AvgIpc) is 2.61. The second-order valence-electron chi connectivity index (χ2n) is 7.95. The summed E-state index contributed by atoms with van der Waals surface area (Å²) in [6, 6.07) is 6.83. The Hall–Kier alpha value is -1.02. The molecule has 0 aromatic heterocycles. The van der Waals surface area contributed by atoms with Crippen LogP contribution in [0.15, 0.2) is 18.2 Å². The van der Waals surface area contributed by atoms with E-state index < -0.39 is 0 Å². The van der Waals surface area contributed by atoms with Gasteiger partial charge in [-0.25, -0.2) is 0 Å². The highest BCUT2D eigenvalue weighted by molar-refractivity contribution is 5.60. The van der Waals surface area contributed by atoms with Crippen molar-refractivity contribution in [1.29, 1.82) is 0 Å². The highest BCUT2D eigenvalue weighted by Crippen LogP contribution is 2.30. The molecule has 2 heteroatoms. The van der Waals surface area contributed by atoms with Gasteiger partial charge in [-0.2, -0.15) is 0 Å². The van der Waals surface area contributed by atoms with Crippen LogP contribution in [0.25, 0.3) is 0 Å². The van der Waals surface area contributed by atoms with Crippen molar-refractivity contribution in [2.24, 2.45) is 5.92 Å². The summed E-state index contributed by atoms with van der Waals surface area (Å²) in [6.45, 7) is 11.0. The molecule has 0 amide bonds. The van der Waals surface area contributed by atoms with Gasteiger partial charge in [0, 0.05) is 18.8 Å². The molecule has 0 bridgehead atoms. The minimum Gasteiger partial charge on any atom is -0.371 e. The fraction of sp³-hybridized carbons (Fsp3) is 0.727. The molecule has 1 aromatic carbocycles. The van der Waals surface area contributed by atoms with Gasteiger partial charge in [0.15, 0.2) is 0 Å². The first-order chi connectivity index (χ1) is 11.8. The molecule has 0 saturated carbocycles. The highest BCUT2D eigenvalue weighted by Gasteiger charge is 2.20. The van der Waals surface area contributed by atoms with E-state index in [0.29, 0.717) is 0 Å². The number of para-hydroxylation sites is 1. The SMILES string of the molecule is CCCCC1CCN(CCCN2CCCc3cccc(C)c32)CC1. The van der Waals surface area contributed by atoms with Crippen molar-refractivity contribution in [1.82, 2.24) is 4.90 Å². The summed E-state index contributed by atoms with van der Waals surface area (Å²) in [5, 5.41) is 0. The molecular weight excluding hydrogens is 292 g/mol. The number of anilines is 1. The van der Waals surface area contributed by atoms with Gasteiger partial charge in [0.1, 0.15) is 0 Å².